The zero-order valence-electron chi connectivity index (χ0n) is 12.7. The molecule has 0 radical (unpaired) electrons. The average molecular weight is 338 g/mol. The molecule has 0 spiro atoms. The Hall–Kier alpha value is -2.51. The number of imide groups is 1. The van der Waals surface area contributed by atoms with Crippen LogP contribution in [0.1, 0.15) is 30.7 Å². The van der Waals surface area contributed by atoms with Crippen LogP contribution in [0.25, 0.3) is 0 Å². The number of carboxylic acids is 1. The molecule has 3 rings (SSSR count). The largest absolute Gasteiger partial charge is 0.481 e. The van der Waals surface area contributed by atoms with Gasteiger partial charge in [0.05, 0.1) is 11.8 Å². The standard InChI is InChI=1S/C16H16F2N2O4/c17-11-5-9(20-4-3-8(7-20)16(23)24)6-12(18)14(11)10-1-2-13(21)19-15(10)22/h5-6,8,10H,1-4,7H2,(H,23,24)(H,19,21,22). The number of nitrogens with zero attached hydrogens (tertiary/aromatic N) is 1. The first-order valence-corrected chi connectivity index (χ1v) is 7.67. The van der Waals surface area contributed by atoms with Crippen molar-refractivity contribution in [3.63, 3.8) is 0 Å². The average Bonchev–Trinajstić information content (AvgIpc) is 2.98. The molecule has 2 fully saturated rings. The topological polar surface area (TPSA) is 86.7 Å². The van der Waals surface area contributed by atoms with Gasteiger partial charge in [-0.15, -0.1) is 0 Å². The van der Waals surface area contributed by atoms with Crippen molar-refractivity contribution in [2.24, 2.45) is 5.92 Å². The zero-order valence-corrected chi connectivity index (χ0v) is 12.7. The first-order valence-electron chi connectivity index (χ1n) is 7.67. The smallest absolute Gasteiger partial charge is 0.308 e. The Balaban J connectivity index is 1.86. The van der Waals surface area contributed by atoms with Crippen molar-refractivity contribution in [1.29, 1.82) is 0 Å². The molecule has 2 aliphatic rings. The van der Waals surface area contributed by atoms with Gasteiger partial charge in [-0.3, -0.25) is 19.7 Å². The lowest BCUT2D eigenvalue weighted by Gasteiger charge is -2.24. The van der Waals surface area contributed by atoms with Crippen molar-refractivity contribution in [2.45, 2.75) is 25.2 Å². The molecule has 2 amide bonds. The van der Waals surface area contributed by atoms with Crippen molar-refractivity contribution in [1.82, 2.24) is 5.32 Å². The second kappa shape index (κ2) is 6.18. The predicted molar refractivity (Wildman–Crippen MR) is 79.4 cm³/mol. The summed E-state index contributed by atoms with van der Waals surface area (Å²) in [6, 6.07) is 2.23. The van der Waals surface area contributed by atoms with Gasteiger partial charge in [-0.25, -0.2) is 8.78 Å². The second-order valence-corrected chi connectivity index (χ2v) is 6.10. The highest BCUT2D eigenvalue weighted by Gasteiger charge is 2.34. The molecular weight excluding hydrogens is 322 g/mol. The number of carboxylic acid groups (broad SMARTS) is 1. The molecule has 0 bridgehead atoms. The molecule has 2 unspecified atom stereocenters. The van der Waals surface area contributed by atoms with Crippen LogP contribution < -0.4 is 10.2 Å². The molecule has 2 atom stereocenters. The van der Waals surface area contributed by atoms with Crippen LogP contribution in [-0.4, -0.2) is 36.0 Å². The number of halogens is 2. The molecule has 1 aromatic rings. The third kappa shape index (κ3) is 2.95. The van der Waals surface area contributed by atoms with Crippen LogP contribution in [0.3, 0.4) is 0 Å². The molecule has 2 N–H and O–H groups in total. The quantitative estimate of drug-likeness (QED) is 0.814. The Morgan fingerprint density at radius 1 is 1.21 bits per heavy atom. The van der Waals surface area contributed by atoms with Gasteiger partial charge in [-0.05, 0) is 25.0 Å². The third-order valence-corrected chi connectivity index (χ3v) is 4.55. The van der Waals surface area contributed by atoms with Crippen molar-refractivity contribution >= 4 is 23.5 Å². The molecule has 0 saturated carbocycles. The normalized spacial score (nSPS) is 24.2. The number of piperidine rings is 1. The van der Waals surface area contributed by atoms with Gasteiger partial charge in [0.15, 0.2) is 0 Å². The fraction of sp³-hybridized carbons (Fsp3) is 0.438. The molecular formula is C16H16F2N2O4. The van der Waals surface area contributed by atoms with Gasteiger partial charge in [-0.1, -0.05) is 0 Å². The van der Waals surface area contributed by atoms with E-state index in [0.29, 0.717) is 13.0 Å². The SMILES string of the molecule is O=C1CCC(c2c(F)cc(N3CCC(C(=O)O)C3)cc2F)C(=O)N1. The summed E-state index contributed by atoms with van der Waals surface area (Å²) in [6.07, 6.45) is 0.500. The summed E-state index contributed by atoms with van der Waals surface area (Å²) in [5.74, 6) is -5.42. The number of hydrogen-bond donors (Lipinski definition) is 2. The summed E-state index contributed by atoms with van der Waals surface area (Å²) >= 11 is 0. The maximum atomic E-state index is 14.4. The van der Waals surface area contributed by atoms with Gasteiger partial charge < -0.3 is 10.0 Å². The fourth-order valence-corrected chi connectivity index (χ4v) is 3.25. The van der Waals surface area contributed by atoms with Crippen molar-refractivity contribution < 1.29 is 28.3 Å². The van der Waals surface area contributed by atoms with Crippen LogP contribution in [0.2, 0.25) is 0 Å². The van der Waals surface area contributed by atoms with Gasteiger partial charge in [0.25, 0.3) is 0 Å². The zero-order chi connectivity index (χ0) is 17.4. The number of amides is 2. The minimum absolute atomic E-state index is 0.0312. The van der Waals surface area contributed by atoms with Crippen LogP contribution in [-0.2, 0) is 14.4 Å². The predicted octanol–water partition coefficient (Wildman–Crippen LogP) is 1.40. The Bertz CT molecular complexity index is 699. The van der Waals surface area contributed by atoms with E-state index >= 15 is 0 Å². The monoisotopic (exact) mass is 338 g/mol. The number of anilines is 1. The lowest BCUT2D eigenvalue weighted by Crippen LogP contribution is -2.40. The van der Waals surface area contributed by atoms with Crippen LogP contribution in [0.4, 0.5) is 14.5 Å². The molecule has 6 nitrogen and oxygen atoms in total. The fourth-order valence-electron chi connectivity index (χ4n) is 3.25. The molecule has 2 aliphatic heterocycles. The minimum atomic E-state index is -1.04. The summed E-state index contributed by atoms with van der Waals surface area (Å²) in [7, 11) is 0. The van der Waals surface area contributed by atoms with Crippen LogP contribution >= 0.6 is 0 Å². The lowest BCUT2D eigenvalue weighted by molar-refractivity contribution is -0.141. The number of carbonyl (C=O) groups excluding carboxylic acids is 2. The highest BCUT2D eigenvalue weighted by molar-refractivity contribution is 6.01. The number of carbonyl (C=O) groups is 3. The summed E-state index contributed by atoms with van der Waals surface area (Å²) in [5, 5.41) is 11.1. The van der Waals surface area contributed by atoms with Gasteiger partial charge in [0, 0.05) is 30.8 Å². The first-order chi connectivity index (χ1) is 11.4. The molecule has 2 saturated heterocycles. The van der Waals surface area contributed by atoms with E-state index in [4.69, 9.17) is 5.11 Å². The highest BCUT2D eigenvalue weighted by Crippen LogP contribution is 2.33. The van der Waals surface area contributed by atoms with E-state index < -0.39 is 41.3 Å². The Morgan fingerprint density at radius 3 is 2.42 bits per heavy atom. The number of rotatable bonds is 3. The number of hydrogen-bond acceptors (Lipinski definition) is 4. The molecule has 128 valence electrons. The van der Waals surface area contributed by atoms with Gasteiger partial charge >= 0.3 is 5.97 Å². The summed E-state index contributed by atoms with van der Waals surface area (Å²) < 4.78 is 28.9. The van der Waals surface area contributed by atoms with Gasteiger partial charge in [0.1, 0.15) is 11.6 Å². The maximum absolute atomic E-state index is 14.4. The summed E-state index contributed by atoms with van der Waals surface area (Å²) in [6.45, 7) is 0.583. The van der Waals surface area contributed by atoms with Gasteiger partial charge in [-0.2, -0.15) is 0 Å². The molecule has 8 heteroatoms. The Morgan fingerprint density at radius 2 is 1.88 bits per heavy atom. The van der Waals surface area contributed by atoms with Gasteiger partial charge in [0.2, 0.25) is 11.8 Å². The van der Waals surface area contributed by atoms with E-state index in [0.717, 1.165) is 12.1 Å². The Labute approximate surface area is 136 Å². The summed E-state index contributed by atoms with van der Waals surface area (Å²) in [5.41, 5.74) is -0.0949. The van der Waals surface area contributed by atoms with Crippen molar-refractivity contribution in [3.8, 4) is 0 Å². The highest BCUT2D eigenvalue weighted by atomic mass is 19.1. The van der Waals surface area contributed by atoms with E-state index in [2.05, 4.69) is 5.32 Å². The number of aliphatic carboxylic acids is 1. The third-order valence-electron chi connectivity index (χ3n) is 4.55. The second-order valence-electron chi connectivity index (χ2n) is 6.10. The van der Waals surface area contributed by atoms with E-state index in [1.807, 2.05) is 0 Å². The minimum Gasteiger partial charge on any atom is -0.481 e. The molecule has 0 aliphatic carbocycles. The number of benzene rings is 1. The summed E-state index contributed by atoms with van der Waals surface area (Å²) in [4.78, 5) is 35.6. The van der Waals surface area contributed by atoms with E-state index in [1.165, 1.54) is 0 Å². The maximum Gasteiger partial charge on any atom is 0.308 e. The van der Waals surface area contributed by atoms with Crippen LogP contribution in [0, 0.1) is 17.6 Å². The van der Waals surface area contributed by atoms with E-state index in [1.54, 1.807) is 4.90 Å². The van der Waals surface area contributed by atoms with Crippen LogP contribution in [0.15, 0.2) is 12.1 Å². The first kappa shape index (κ1) is 16.4. The van der Waals surface area contributed by atoms with E-state index in [9.17, 15) is 23.2 Å². The molecule has 24 heavy (non-hydrogen) atoms. The molecule has 2 heterocycles. The lowest BCUT2D eigenvalue weighted by atomic mass is 9.89. The van der Waals surface area contributed by atoms with Crippen molar-refractivity contribution in [2.75, 3.05) is 18.0 Å². The van der Waals surface area contributed by atoms with Crippen LogP contribution in [0.5, 0.6) is 0 Å². The van der Waals surface area contributed by atoms with E-state index in [-0.39, 0.29) is 30.6 Å². The Kier molecular flexibility index (Phi) is 4.21. The molecule has 0 aromatic heterocycles. The van der Waals surface area contributed by atoms with Crippen molar-refractivity contribution in [3.05, 3.63) is 29.3 Å². The molecule has 1 aromatic carbocycles. The number of nitrogens with one attached hydrogen (secondary N) is 1.